The van der Waals surface area contributed by atoms with Crippen molar-refractivity contribution < 1.29 is 37.1 Å². The van der Waals surface area contributed by atoms with Crippen LogP contribution in [0.1, 0.15) is 45.0 Å². The molecule has 2 heterocycles. The van der Waals surface area contributed by atoms with Crippen LogP contribution in [0.15, 0.2) is 29.2 Å². The summed E-state index contributed by atoms with van der Waals surface area (Å²) in [7, 11) is -4.16. The fourth-order valence-corrected chi connectivity index (χ4v) is 6.40. The second-order valence-electron chi connectivity index (χ2n) is 8.32. The maximum Gasteiger partial charge on any atom is 0.414 e. The first kappa shape index (κ1) is 31.0. The average molecular weight is 603 g/mol. The smallest absolute Gasteiger partial charge is 0.414 e. The van der Waals surface area contributed by atoms with Crippen molar-refractivity contribution in [1.82, 2.24) is 14.5 Å². The van der Waals surface area contributed by atoms with Gasteiger partial charge in [0.2, 0.25) is 10.0 Å². The number of ether oxygens (including phenoxy) is 2. The minimum Gasteiger partial charge on any atom is -0.450 e. The molecular weight excluding hydrogens is 576 g/mol. The number of nitriles is 2. The molecule has 1 aromatic carbocycles. The Morgan fingerprint density at radius 3 is 2.24 bits per heavy atom. The quantitative estimate of drug-likeness (QED) is 0.402. The third kappa shape index (κ3) is 7.17. The fraction of sp³-hybridized carbons (Fsp3) is 0.360. The van der Waals surface area contributed by atoms with E-state index in [2.05, 4.69) is 10.6 Å². The van der Waals surface area contributed by atoms with Gasteiger partial charge < -0.3 is 19.7 Å². The van der Waals surface area contributed by atoms with E-state index in [9.17, 15) is 27.6 Å². The second kappa shape index (κ2) is 13.7. The molecule has 2 N–H and O–H groups in total. The summed E-state index contributed by atoms with van der Waals surface area (Å²) in [5.74, 6) is -1.47. The molecule has 2 aromatic rings. The molecule has 216 valence electrons. The second-order valence-corrected chi connectivity index (χ2v) is 11.4. The molecular formula is C25H26N6O8S2. The number of carbonyl (C=O) groups excluding carboxylic acids is 4. The van der Waals surface area contributed by atoms with Crippen molar-refractivity contribution in [3.8, 4) is 12.1 Å². The van der Waals surface area contributed by atoms with Gasteiger partial charge in [-0.05, 0) is 50.1 Å². The van der Waals surface area contributed by atoms with Crippen LogP contribution in [0.25, 0.3) is 0 Å². The van der Waals surface area contributed by atoms with Crippen molar-refractivity contribution in [3.63, 3.8) is 0 Å². The lowest BCUT2D eigenvalue weighted by Crippen LogP contribution is -2.37. The Bertz CT molecular complexity index is 1510. The number of sulfonamides is 1. The van der Waals surface area contributed by atoms with Crippen LogP contribution in [0.5, 0.6) is 0 Å². The molecule has 3 rings (SSSR count). The highest BCUT2D eigenvalue weighted by atomic mass is 32.2. The summed E-state index contributed by atoms with van der Waals surface area (Å²) in [4.78, 5) is 52.2. The van der Waals surface area contributed by atoms with Gasteiger partial charge in [-0.25, -0.2) is 18.0 Å². The van der Waals surface area contributed by atoms with Gasteiger partial charge in [-0.1, -0.05) is 0 Å². The molecule has 0 saturated carbocycles. The first-order valence-corrected chi connectivity index (χ1v) is 14.5. The molecule has 0 saturated heterocycles. The van der Waals surface area contributed by atoms with Gasteiger partial charge in [0.25, 0.3) is 11.8 Å². The number of carbonyl (C=O) groups is 4. The van der Waals surface area contributed by atoms with E-state index in [1.54, 1.807) is 26.0 Å². The van der Waals surface area contributed by atoms with E-state index in [1.165, 1.54) is 17.0 Å². The highest BCUT2D eigenvalue weighted by Gasteiger charge is 2.32. The number of rotatable bonds is 9. The van der Waals surface area contributed by atoms with Crippen molar-refractivity contribution in [3.05, 3.63) is 45.8 Å². The molecule has 14 nitrogen and oxygen atoms in total. The van der Waals surface area contributed by atoms with Crippen LogP contribution in [0.2, 0.25) is 0 Å². The lowest BCUT2D eigenvalue weighted by atomic mass is 10.0. The Morgan fingerprint density at radius 2 is 1.66 bits per heavy atom. The zero-order valence-electron chi connectivity index (χ0n) is 22.1. The largest absolute Gasteiger partial charge is 0.450 e. The summed E-state index contributed by atoms with van der Waals surface area (Å²) in [5, 5.41) is 22.7. The van der Waals surface area contributed by atoms with Gasteiger partial charge in [-0.3, -0.25) is 14.9 Å². The summed E-state index contributed by atoms with van der Waals surface area (Å²) >= 11 is 1.06. The molecule has 0 spiro atoms. The van der Waals surface area contributed by atoms with E-state index >= 15 is 0 Å². The summed E-state index contributed by atoms with van der Waals surface area (Å²) < 4.78 is 36.1. The maximum atomic E-state index is 13.1. The number of hydrogen-bond acceptors (Lipinski definition) is 11. The van der Waals surface area contributed by atoms with Gasteiger partial charge in [-0.2, -0.15) is 14.8 Å². The van der Waals surface area contributed by atoms with Crippen LogP contribution in [-0.2, 0) is 32.5 Å². The molecule has 0 aliphatic carbocycles. The van der Waals surface area contributed by atoms with E-state index in [1.807, 2.05) is 0 Å². The maximum absolute atomic E-state index is 13.1. The van der Waals surface area contributed by atoms with E-state index < -0.39 is 47.1 Å². The third-order valence-electron chi connectivity index (χ3n) is 5.78. The molecule has 1 aliphatic rings. The molecule has 41 heavy (non-hydrogen) atoms. The van der Waals surface area contributed by atoms with Crippen molar-refractivity contribution in [2.24, 2.45) is 0 Å². The summed E-state index contributed by atoms with van der Waals surface area (Å²) in [6.45, 7) is 2.82. The molecule has 0 bridgehead atoms. The van der Waals surface area contributed by atoms with E-state index in [4.69, 9.17) is 20.0 Å². The number of thiophene rings is 1. The van der Waals surface area contributed by atoms with Crippen molar-refractivity contribution in [2.75, 3.05) is 38.2 Å². The summed E-state index contributed by atoms with van der Waals surface area (Å²) in [6.07, 6.45) is -1.22. The number of nitrogens with one attached hydrogen (secondary N) is 2. The SMILES string of the molecule is CCOC(=O)NC(=O)c1c(NC(=O)c2ccc(S(=O)(=O)N(CC#N)CC#N)cc2)sc2c1CCN(C(=O)OCC)C2. The minimum atomic E-state index is -4.16. The third-order valence-corrected chi connectivity index (χ3v) is 8.71. The highest BCUT2D eigenvalue weighted by molar-refractivity contribution is 7.89. The van der Waals surface area contributed by atoms with Crippen LogP contribution in [0.4, 0.5) is 14.6 Å². The fourth-order valence-electron chi connectivity index (χ4n) is 3.91. The van der Waals surface area contributed by atoms with Crippen molar-refractivity contribution in [1.29, 1.82) is 10.5 Å². The Balaban J connectivity index is 1.90. The normalized spacial score (nSPS) is 12.5. The summed E-state index contributed by atoms with van der Waals surface area (Å²) in [5.41, 5.74) is 0.661. The van der Waals surface area contributed by atoms with Gasteiger partial charge >= 0.3 is 12.2 Å². The van der Waals surface area contributed by atoms with Crippen LogP contribution < -0.4 is 10.6 Å². The molecule has 0 atom stereocenters. The Kier molecular flexibility index (Phi) is 10.4. The molecule has 0 fully saturated rings. The average Bonchev–Trinajstić information content (AvgIpc) is 3.30. The van der Waals surface area contributed by atoms with Gasteiger partial charge in [0.05, 0.1) is 42.4 Å². The number of imide groups is 1. The molecule has 1 aliphatic heterocycles. The van der Waals surface area contributed by atoms with Gasteiger partial charge in [-0.15, -0.1) is 11.3 Å². The van der Waals surface area contributed by atoms with E-state index in [-0.39, 0.29) is 53.7 Å². The topological polar surface area (TPSA) is 199 Å². The lowest BCUT2D eigenvalue weighted by molar-refractivity contribution is 0.0924. The number of benzene rings is 1. The zero-order valence-corrected chi connectivity index (χ0v) is 23.8. The van der Waals surface area contributed by atoms with Crippen molar-refractivity contribution in [2.45, 2.75) is 31.7 Å². The van der Waals surface area contributed by atoms with Crippen LogP contribution in [-0.4, -0.2) is 74.5 Å². The van der Waals surface area contributed by atoms with Crippen LogP contribution >= 0.6 is 11.3 Å². The van der Waals surface area contributed by atoms with Crippen molar-refractivity contribution >= 4 is 50.4 Å². The molecule has 1 aromatic heterocycles. The zero-order chi connectivity index (χ0) is 30.2. The highest BCUT2D eigenvalue weighted by Crippen LogP contribution is 2.37. The first-order chi connectivity index (χ1) is 19.6. The van der Waals surface area contributed by atoms with Gasteiger partial charge in [0.15, 0.2) is 0 Å². The lowest BCUT2D eigenvalue weighted by Gasteiger charge is -2.26. The Morgan fingerprint density at radius 1 is 1.02 bits per heavy atom. The number of hydrogen-bond donors (Lipinski definition) is 2. The standard InChI is InChI=1S/C25H26N6O8S2/c1-3-38-24(34)29-22(33)20-18-9-12-30(25(35)39-4-2)15-19(18)40-23(20)28-21(32)16-5-7-17(8-6-16)41(36,37)31(13-10-26)14-11-27/h5-8H,3-4,9,12-15H2,1-2H3,(H,28,32)(H,29,33,34). The Labute approximate surface area is 240 Å². The van der Waals surface area contributed by atoms with Crippen LogP contribution in [0, 0.1) is 22.7 Å². The molecule has 16 heteroatoms. The number of anilines is 1. The predicted molar refractivity (Wildman–Crippen MR) is 144 cm³/mol. The number of nitrogens with zero attached hydrogens (tertiary/aromatic N) is 4. The summed E-state index contributed by atoms with van der Waals surface area (Å²) in [6, 6.07) is 8.21. The first-order valence-electron chi connectivity index (χ1n) is 12.3. The Hall–Kier alpha value is -4.51. The monoisotopic (exact) mass is 602 g/mol. The number of alkyl carbamates (subject to hydrolysis) is 1. The number of fused-ring (bicyclic) bond motifs is 1. The molecule has 0 radical (unpaired) electrons. The van der Waals surface area contributed by atoms with E-state index in [0.717, 1.165) is 23.5 Å². The van der Waals surface area contributed by atoms with E-state index in [0.29, 0.717) is 14.7 Å². The number of amides is 4. The minimum absolute atomic E-state index is 0.0372. The van der Waals surface area contributed by atoms with Gasteiger partial charge in [0.1, 0.15) is 18.1 Å². The van der Waals surface area contributed by atoms with Crippen LogP contribution in [0.3, 0.4) is 0 Å². The molecule has 0 unspecified atom stereocenters. The predicted octanol–water partition coefficient (Wildman–Crippen LogP) is 2.44. The molecule has 4 amide bonds. The van der Waals surface area contributed by atoms with Gasteiger partial charge in [0, 0.05) is 17.0 Å².